The highest BCUT2D eigenvalue weighted by Crippen LogP contribution is 2.44. The maximum atomic E-state index is 14.2. The van der Waals surface area contributed by atoms with Crippen molar-refractivity contribution in [1.82, 2.24) is 33.7 Å². The molecule has 2 fully saturated rings. The molecule has 0 bridgehead atoms. The van der Waals surface area contributed by atoms with Gasteiger partial charge in [0, 0.05) is 68.6 Å². The lowest BCUT2D eigenvalue weighted by Crippen LogP contribution is -2.44. The summed E-state index contributed by atoms with van der Waals surface area (Å²) in [4.78, 5) is 56.6. The number of ether oxygens (including phenoxy) is 1. The topological polar surface area (TPSA) is 162 Å². The molecule has 3 N–H and O–H groups in total. The van der Waals surface area contributed by atoms with E-state index in [1.165, 1.54) is 24.7 Å². The molecule has 5 aromatic rings. The number of amides is 4. The van der Waals surface area contributed by atoms with Crippen molar-refractivity contribution in [2.75, 3.05) is 48.8 Å². The number of imide groups is 1. The molecule has 15 nitrogen and oxygen atoms in total. The zero-order chi connectivity index (χ0) is 38.5. The third-order valence-electron chi connectivity index (χ3n) is 9.24. The Morgan fingerprint density at radius 3 is 2.39 bits per heavy atom. The SMILES string of the molecule is CN1CCN(Cc2ccc(NC(=O)Nc3ccc(-c4cn(C5CC5)c5ncnc(N(C(=O)O)C(=O)OC(C)(C)C)c45)n4ccnc34)cc2C(F)(F)F)CC1. The quantitative estimate of drug-likeness (QED) is 0.159. The van der Waals surface area contributed by atoms with Crippen LogP contribution in [-0.4, -0.2) is 95.9 Å². The second-order valence-corrected chi connectivity index (χ2v) is 14.5. The predicted octanol–water partition coefficient (Wildman–Crippen LogP) is 6.91. The number of benzene rings is 1. The van der Waals surface area contributed by atoms with Gasteiger partial charge in [-0.25, -0.2) is 29.3 Å². The molecule has 4 aromatic heterocycles. The fraction of sp³-hybridized carbons (Fsp3) is 0.389. The van der Waals surface area contributed by atoms with Crippen molar-refractivity contribution < 1.29 is 37.4 Å². The van der Waals surface area contributed by atoms with Gasteiger partial charge in [0.25, 0.3) is 0 Å². The lowest BCUT2D eigenvalue weighted by atomic mass is 10.0. The first-order valence-electron chi connectivity index (χ1n) is 17.3. The summed E-state index contributed by atoms with van der Waals surface area (Å²) in [5.41, 5.74) is 0.212. The molecule has 0 radical (unpaired) electrons. The Bertz CT molecular complexity index is 2250. The number of nitrogens with zero attached hydrogens (tertiary/aromatic N) is 8. The second-order valence-electron chi connectivity index (χ2n) is 14.5. The largest absolute Gasteiger partial charge is 0.464 e. The van der Waals surface area contributed by atoms with Crippen LogP contribution in [0.5, 0.6) is 0 Å². The van der Waals surface area contributed by atoms with Crippen LogP contribution in [-0.2, 0) is 17.5 Å². The number of imidazole rings is 1. The van der Waals surface area contributed by atoms with E-state index in [1.807, 2.05) is 22.7 Å². The maximum Gasteiger partial charge on any atom is 0.425 e. The van der Waals surface area contributed by atoms with Gasteiger partial charge in [-0.1, -0.05) is 6.07 Å². The number of carbonyl (C=O) groups excluding carboxylic acids is 2. The Labute approximate surface area is 307 Å². The number of hydrogen-bond donors (Lipinski definition) is 3. The molecule has 1 aliphatic heterocycles. The van der Waals surface area contributed by atoms with Crippen molar-refractivity contribution in [1.29, 1.82) is 0 Å². The molecular weight excluding hydrogens is 709 g/mol. The van der Waals surface area contributed by atoms with E-state index in [-0.39, 0.29) is 46.4 Å². The summed E-state index contributed by atoms with van der Waals surface area (Å²) in [7, 11) is 1.97. The number of urea groups is 1. The predicted molar refractivity (Wildman–Crippen MR) is 194 cm³/mol. The van der Waals surface area contributed by atoms with Crippen LogP contribution in [0, 0.1) is 0 Å². The first-order chi connectivity index (χ1) is 25.6. The molecule has 0 spiro atoms. The molecule has 7 rings (SSSR count). The van der Waals surface area contributed by atoms with E-state index in [0.717, 1.165) is 32.0 Å². The number of nitrogens with one attached hydrogen (secondary N) is 2. The summed E-state index contributed by atoms with van der Waals surface area (Å²) < 4.78 is 51.5. The lowest BCUT2D eigenvalue weighted by molar-refractivity contribution is -0.138. The number of carboxylic acid groups (broad SMARTS) is 1. The summed E-state index contributed by atoms with van der Waals surface area (Å²) in [6.07, 6.45) is 0.528. The number of likely N-dealkylation sites (N-methyl/N-ethyl adjacent to an activating group) is 1. The van der Waals surface area contributed by atoms with Gasteiger partial charge in [0.05, 0.1) is 22.3 Å². The number of carbonyl (C=O) groups is 3. The van der Waals surface area contributed by atoms with Crippen molar-refractivity contribution in [3.05, 3.63) is 66.4 Å². The molecule has 0 unspecified atom stereocenters. The Balaban J connectivity index is 1.19. The normalized spacial score (nSPS) is 15.8. The molecule has 18 heteroatoms. The zero-order valence-electron chi connectivity index (χ0n) is 30.0. The summed E-state index contributed by atoms with van der Waals surface area (Å²) in [5, 5.41) is 15.7. The number of alkyl halides is 3. The molecule has 4 amide bonds. The number of fused-ring (bicyclic) bond motifs is 2. The monoisotopic (exact) mass is 748 g/mol. The van der Waals surface area contributed by atoms with E-state index < -0.39 is 35.6 Å². The van der Waals surface area contributed by atoms with Crippen LogP contribution >= 0.6 is 0 Å². The van der Waals surface area contributed by atoms with Gasteiger partial charge in [-0.3, -0.25) is 9.30 Å². The highest BCUT2D eigenvalue weighted by Gasteiger charge is 2.36. The molecular formula is C36H39F3N10O5. The van der Waals surface area contributed by atoms with Gasteiger partial charge in [-0.05, 0) is 70.5 Å². The van der Waals surface area contributed by atoms with Crippen LogP contribution in [0.25, 0.3) is 27.9 Å². The second kappa shape index (κ2) is 13.9. The minimum atomic E-state index is -4.63. The highest BCUT2D eigenvalue weighted by atomic mass is 19.4. The maximum absolute atomic E-state index is 14.2. The van der Waals surface area contributed by atoms with Gasteiger partial charge in [-0.2, -0.15) is 18.1 Å². The molecule has 284 valence electrons. The van der Waals surface area contributed by atoms with E-state index >= 15 is 0 Å². The molecule has 1 saturated heterocycles. The zero-order valence-corrected chi connectivity index (χ0v) is 30.0. The summed E-state index contributed by atoms with van der Waals surface area (Å²) in [5.74, 6) is -0.196. The third-order valence-corrected chi connectivity index (χ3v) is 9.24. The number of rotatable bonds is 7. The Morgan fingerprint density at radius 1 is 0.981 bits per heavy atom. The van der Waals surface area contributed by atoms with Crippen molar-refractivity contribution in [2.45, 2.75) is 58.0 Å². The van der Waals surface area contributed by atoms with E-state index in [0.29, 0.717) is 34.9 Å². The highest BCUT2D eigenvalue weighted by molar-refractivity contribution is 6.15. The number of pyridine rings is 1. The van der Waals surface area contributed by atoms with Gasteiger partial charge >= 0.3 is 24.4 Å². The molecule has 0 atom stereocenters. The molecule has 54 heavy (non-hydrogen) atoms. The van der Waals surface area contributed by atoms with Crippen LogP contribution in [0.15, 0.2) is 55.2 Å². The van der Waals surface area contributed by atoms with E-state index in [1.54, 1.807) is 43.5 Å². The van der Waals surface area contributed by atoms with Crippen molar-refractivity contribution in [3.8, 4) is 11.3 Å². The Kier molecular flexibility index (Phi) is 9.43. The summed E-state index contributed by atoms with van der Waals surface area (Å²) >= 11 is 0. The Morgan fingerprint density at radius 2 is 1.72 bits per heavy atom. The fourth-order valence-corrected chi connectivity index (χ4v) is 6.55. The number of halogens is 3. The van der Waals surface area contributed by atoms with E-state index in [2.05, 4.69) is 30.5 Å². The Hall–Kier alpha value is -5.75. The lowest BCUT2D eigenvalue weighted by Gasteiger charge is -2.33. The van der Waals surface area contributed by atoms with Gasteiger partial charge in [0.2, 0.25) is 0 Å². The summed E-state index contributed by atoms with van der Waals surface area (Å²) in [6.45, 7) is 7.84. The number of piperazine rings is 1. The molecule has 1 aliphatic carbocycles. The minimum absolute atomic E-state index is 0.0358. The molecule has 5 heterocycles. The van der Waals surface area contributed by atoms with Crippen molar-refractivity contribution in [3.63, 3.8) is 0 Å². The average Bonchev–Trinajstić information content (AvgIpc) is 3.67. The first-order valence-corrected chi connectivity index (χ1v) is 17.3. The standard InChI is InChI=1S/C36H39F3N10O5/c1-35(2,3)54-34(53)49(33(51)52)31-28-24(19-48(23-7-8-23)30(28)41-20-42-31)27-10-9-26(29-40-11-12-47(27)29)44-32(50)43-22-6-5-21(25(17-22)36(37,38)39)18-46-15-13-45(4)14-16-46/h5-6,9-12,17,19-20,23H,7-8,13-16,18H2,1-4H3,(H,51,52)(H2,43,44,50). The number of anilines is 3. The smallest absolute Gasteiger partial charge is 0.425 e. The van der Waals surface area contributed by atoms with Crippen LogP contribution in [0.1, 0.15) is 50.8 Å². The van der Waals surface area contributed by atoms with Crippen LogP contribution in [0.3, 0.4) is 0 Å². The first kappa shape index (κ1) is 36.6. The van der Waals surface area contributed by atoms with Gasteiger partial charge in [0.15, 0.2) is 11.5 Å². The average molecular weight is 749 g/mol. The molecule has 1 saturated carbocycles. The third kappa shape index (κ3) is 7.52. The van der Waals surface area contributed by atoms with Crippen LogP contribution in [0.2, 0.25) is 0 Å². The van der Waals surface area contributed by atoms with Gasteiger partial charge in [-0.15, -0.1) is 0 Å². The summed E-state index contributed by atoms with van der Waals surface area (Å²) in [6, 6.07) is 6.33. The molecule has 1 aromatic carbocycles. The number of aromatic nitrogens is 5. The molecule has 2 aliphatic rings. The van der Waals surface area contributed by atoms with Gasteiger partial charge in [0.1, 0.15) is 17.6 Å². The van der Waals surface area contributed by atoms with Crippen molar-refractivity contribution in [2.24, 2.45) is 0 Å². The van der Waals surface area contributed by atoms with Crippen molar-refractivity contribution >= 4 is 52.1 Å². The van der Waals surface area contributed by atoms with E-state index in [4.69, 9.17) is 4.74 Å². The van der Waals surface area contributed by atoms with Crippen LogP contribution < -0.4 is 15.5 Å². The van der Waals surface area contributed by atoms with E-state index in [9.17, 15) is 32.7 Å². The van der Waals surface area contributed by atoms with Crippen LogP contribution in [0.4, 0.5) is 44.7 Å². The fourth-order valence-electron chi connectivity index (χ4n) is 6.55. The van der Waals surface area contributed by atoms with Gasteiger partial charge < -0.3 is 29.9 Å². The number of hydrogen-bond acceptors (Lipinski definition) is 9. The minimum Gasteiger partial charge on any atom is -0.464 e.